The number of hydrogen-bond acceptors (Lipinski definition) is 6. The minimum Gasteiger partial charge on any atom is -0.264 e. The van der Waals surface area contributed by atoms with Gasteiger partial charge in [0.1, 0.15) is 0 Å². The Kier molecular flexibility index (Phi) is 6.03. The first-order chi connectivity index (χ1) is 22.8. The van der Waals surface area contributed by atoms with Crippen LogP contribution < -0.4 is 0 Å². The van der Waals surface area contributed by atoms with Gasteiger partial charge in [-0.05, 0) is 64.7 Å². The fourth-order valence-corrected chi connectivity index (χ4v) is 6.13. The summed E-state index contributed by atoms with van der Waals surface area (Å²) >= 11 is 0. The van der Waals surface area contributed by atoms with Crippen LogP contribution in [0.4, 0.5) is 0 Å². The molecule has 0 aliphatic heterocycles. The lowest BCUT2D eigenvalue weighted by molar-refractivity contribution is 1.29. The number of pyridine rings is 6. The average Bonchev–Trinajstić information content (AvgIpc) is 3.14. The van der Waals surface area contributed by atoms with E-state index in [1.54, 1.807) is 6.20 Å². The first-order valence-corrected chi connectivity index (χ1v) is 15.1. The van der Waals surface area contributed by atoms with Crippen LogP contribution in [-0.2, 0) is 0 Å². The summed E-state index contributed by atoms with van der Waals surface area (Å²) in [6.45, 7) is 0. The standard InChI is InChI=1S/C40H24N6/c1-6-31(22-41-15-1)25-7-9-26(10-8-25)32-20-35(33-18-29-13-11-27-4-2-16-42-37(27)39(29)44-23-33)46-36(21-32)34-19-30-14-12-28-5-3-17-43-38(28)40(30)45-24-34/h1-24H. The van der Waals surface area contributed by atoms with Gasteiger partial charge in [0.2, 0.25) is 0 Å². The van der Waals surface area contributed by atoms with Crippen LogP contribution in [0.3, 0.4) is 0 Å². The molecular weight excluding hydrogens is 564 g/mol. The van der Waals surface area contributed by atoms with Crippen LogP contribution >= 0.6 is 0 Å². The second kappa shape index (κ2) is 10.6. The predicted octanol–water partition coefficient (Wildman–Crippen LogP) is 9.34. The van der Waals surface area contributed by atoms with Gasteiger partial charge in [0.05, 0.1) is 33.5 Å². The van der Waals surface area contributed by atoms with E-state index in [0.717, 1.165) is 88.4 Å². The highest BCUT2D eigenvalue weighted by molar-refractivity contribution is 6.04. The first-order valence-electron chi connectivity index (χ1n) is 15.1. The van der Waals surface area contributed by atoms with Crippen molar-refractivity contribution < 1.29 is 0 Å². The minimum absolute atomic E-state index is 0.833. The Hall–Kier alpha value is -6.40. The van der Waals surface area contributed by atoms with E-state index in [-0.39, 0.29) is 0 Å². The Morgan fingerprint density at radius 1 is 0.326 bits per heavy atom. The smallest absolute Gasteiger partial charge is 0.0965 e. The molecule has 6 heteroatoms. The van der Waals surface area contributed by atoms with Gasteiger partial charge in [0.15, 0.2) is 0 Å². The predicted molar refractivity (Wildman–Crippen MR) is 185 cm³/mol. The molecule has 0 spiro atoms. The quantitative estimate of drug-likeness (QED) is 0.191. The van der Waals surface area contributed by atoms with Gasteiger partial charge in [0, 0.05) is 69.9 Å². The molecule has 0 unspecified atom stereocenters. The van der Waals surface area contributed by atoms with Crippen LogP contribution in [0.5, 0.6) is 0 Å². The molecule has 0 saturated carbocycles. The van der Waals surface area contributed by atoms with Crippen molar-refractivity contribution in [2.75, 3.05) is 0 Å². The maximum absolute atomic E-state index is 5.18. The molecule has 9 aromatic rings. The number of aromatic nitrogens is 6. The summed E-state index contributed by atoms with van der Waals surface area (Å²) in [7, 11) is 0. The summed E-state index contributed by atoms with van der Waals surface area (Å²) in [6.07, 6.45) is 11.1. The molecule has 0 amide bonds. The van der Waals surface area contributed by atoms with Gasteiger partial charge in [-0.3, -0.25) is 24.9 Å². The summed E-state index contributed by atoms with van der Waals surface area (Å²) in [4.78, 5) is 28.4. The molecule has 6 heterocycles. The molecule has 0 saturated heterocycles. The van der Waals surface area contributed by atoms with Crippen LogP contribution in [-0.4, -0.2) is 29.9 Å². The Morgan fingerprint density at radius 3 is 1.37 bits per heavy atom. The lowest BCUT2D eigenvalue weighted by Crippen LogP contribution is -1.94. The number of fused-ring (bicyclic) bond motifs is 6. The molecule has 0 atom stereocenters. The summed E-state index contributed by atoms with van der Waals surface area (Å²) in [6, 6.07) is 37.6. The second-order valence-electron chi connectivity index (χ2n) is 11.3. The van der Waals surface area contributed by atoms with Crippen LogP contribution in [0.15, 0.2) is 146 Å². The zero-order valence-corrected chi connectivity index (χ0v) is 24.5. The summed E-state index contributed by atoms with van der Waals surface area (Å²) in [5.74, 6) is 0. The molecule has 0 radical (unpaired) electrons. The van der Waals surface area contributed by atoms with Gasteiger partial charge in [-0.15, -0.1) is 0 Å². The Balaban J connectivity index is 1.20. The zero-order chi connectivity index (χ0) is 30.5. The third-order valence-electron chi connectivity index (χ3n) is 8.48. The van der Waals surface area contributed by atoms with Gasteiger partial charge in [-0.25, -0.2) is 4.98 Å². The van der Waals surface area contributed by atoms with Gasteiger partial charge in [-0.1, -0.05) is 66.7 Å². The molecule has 0 bridgehead atoms. The van der Waals surface area contributed by atoms with Crippen LogP contribution in [0, 0.1) is 0 Å². The Bertz CT molecular complexity index is 2440. The van der Waals surface area contributed by atoms with E-state index >= 15 is 0 Å². The normalized spacial score (nSPS) is 11.5. The number of benzene rings is 3. The van der Waals surface area contributed by atoms with Crippen molar-refractivity contribution in [2.45, 2.75) is 0 Å². The highest BCUT2D eigenvalue weighted by Gasteiger charge is 2.13. The molecule has 9 rings (SSSR count). The minimum atomic E-state index is 0.833. The van der Waals surface area contributed by atoms with E-state index in [1.807, 2.05) is 49.2 Å². The molecule has 6 aromatic heterocycles. The van der Waals surface area contributed by atoms with Crippen LogP contribution in [0.25, 0.3) is 88.4 Å². The first kappa shape index (κ1) is 26.0. The van der Waals surface area contributed by atoms with Crippen molar-refractivity contribution in [1.29, 1.82) is 0 Å². The van der Waals surface area contributed by atoms with Crippen LogP contribution in [0.1, 0.15) is 0 Å². The third kappa shape index (κ3) is 4.52. The van der Waals surface area contributed by atoms with Gasteiger partial charge >= 0.3 is 0 Å². The van der Waals surface area contributed by atoms with E-state index in [1.165, 1.54) is 0 Å². The molecule has 6 nitrogen and oxygen atoms in total. The number of nitrogens with zero attached hydrogens (tertiary/aromatic N) is 6. The van der Waals surface area contributed by atoms with Crippen molar-refractivity contribution in [3.63, 3.8) is 0 Å². The molecule has 0 aliphatic rings. The Labute approximate surface area is 264 Å². The molecule has 0 fully saturated rings. The fraction of sp³-hybridized carbons (Fsp3) is 0. The maximum Gasteiger partial charge on any atom is 0.0965 e. The van der Waals surface area contributed by atoms with Crippen molar-refractivity contribution in [3.8, 4) is 44.8 Å². The second-order valence-corrected chi connectivity index (χ2v) is 11.3. The highest BCUT2D eigenvalue weighted by Crippen LogP contribution is 2.34. The summed E-state index contributed by atoms with van der Waals surface area (Å²) in [5.41, 5.74) is 11.4. The summed E-state index contributed by atoms with van der Waals surface area (Å²) < 4.78 is 0. The third-order valence-corrected chi connectivity index (χ3v) is 8.48. The van der Waals surface area contributed by atoms with Crippen molar-refractivity contribution in [1.82, 2.24) is 29.9 Å². The average molecular weight is 589 g/mol. The molecular formula is C40H24N6. The van der Waals surface area contributed by atoms with Gasteiger partial charge in [-0.2, -0.15) is 0 Å². The van der Waals surface area contributed by atoms with E-state index in [2.05, 4.69) is 106 Å². The molecule has 0 N–H and O–H groups in total. The SMILES string of the molecule is c1cncc(-c2ccc(-c3cc(-c4cnc5c(ccc6cccnc65)c4)nc(-c4cnc5c(ccc6cccnc65)c4)c3)cc2)c1. The lowest BCUT2D eigenvalue weighted by Gasteiger charge is -2.12. The Morgan fingerprint density at radius 2 is 0.826 bits per heavy atom. The van der Waals surface area contributed by atoms with Crippen LogP contribution in [0.2, 0.25) is 0 Å². The zero-order valence-electron chi connectivity index (χ0n) is 24.5. The molecule has 46 heavy (non-hydrogen) atoms. The van der Waals surface area contributed by atoms with Crippen molar-refractivity contribution in [3.05, 3.63) is 146 Å². The van der Waals surface area contributed by atoms with E-state index < -0.39 is 0 Å². The topological polar surface area (TPSA) is 77.3 Å². The van der Waals surface area contributed by atoms with E-state index in [4.69, 9.17) is 15.0 Å². The summed E-state index contributed by atoms with van der Waals surface area (Å²) in [5, 5.41) is 4.17. The van der Waals surface area contributed by atoms with Gasteiger partial charge in [0.25, 0.3) is 0 Å². The molecule has 0 aliphatic carbocycles. The van der Waals surface area contributed by atoms with Crippen molar-refractivity contribution in [2.24, 2.45) is 0 Å². The molecule has 214 valence electrons. The molecule has 3 aromatic carbocycles. The fourth-order valence-electron chi connectivity index (χ4n) is 6.13. The van der Waals surface area contributed by atoms with E-state index in [9.17, 15) is 0 Å². The van der Waals surface area contributed by atoms with Crippen molar-refractivity contribution >= 4 is 43.6 Å². The monoisotopic (exact) mass is 588 g/mol. The van der Waals surface area contributed by atoms with E-state index in [0.29, 0.717) is 0 Å². The highest BCUT2D eigenvalue weighted by atomic mass is 14.8. The van der Waals surface area contributed by atoms with Gasteiger partial charge < -0.3 is 0 Å². The number of rotatable bonds is 4. The largest absolute Gasteiger partial charge is 0.264 e. The maximum atomic E-state index is 5.18. The number of hydrogen-bond donors (Lipinski definition) is 0. The lowest BCUT2D eigenvalue weighted by atomic mass is 9.98.